The van der Waals surface area contributed by atoms with Crippen molar-refractivity contribution in [2.45, 2.75) is 39.0 Å². The molecule has 1 aromatic rings. The topological polar surface area (TPSA) is 12.0 Å². The van der Waals surface area contributed by atoms with Crippen LogP contribution in [0.1, 0.15) is 39.7 Å². The van der Waals surface area contributed by atoms with Gasteiger partial charge in [0.05, 0.1) is 0 Å². The summed E-state index contributed by atoms with van der Waals surface area (Å²) in [4.78, 5) is 1.38. The summed E-state index contributed by atoms with van der Waals surface area (Å²) in [5, 5.41) is 3.35. The number of benzene rings is 1. The van der Waals surface area contributed by atoms with Crippen molar-refractivity contribution >= 4 is 17.8 Å². The minimum absolute atomic E-state index is 0.795. The maximum absolute atomic E-state index is 3.35. The predicted molar refractivity (Wildman–Crippen MR) is 88.8 cm³/mol. The van der Waals surface area contributed by atoms with Gasteiger partial charge < -0.3 is 5.32 Å². The second-order valence-corrected chi connectivity index (χ2v) is 6.54. The van der Waals surface area contributed by atoms with Crippen molar-refractivity contribution in [3.63, 3.8) is 0 Å². The van der Waals surface area contributed by atoms with Gasteiger partial charge in [0.2, 0.25) is 0 Å². The average molecular weight is 277 g/mol. The van der Waals surface area contributed by atoms with E-state index in [-0.39, 0.29) is 0 Å². The molecule has 0 radical (unpaired) electrons. The Morgan fingerprint density at radius 2 is 1.95 bits per heavy atom. The molecule has 106 valence electrons. The number of nitrogens with one attached hydrogen (secondary N) is 1. The summed E-state index contributed by atoms with van der Waals surface area (Å²) in [6.07, 6.45) is 3.54. The van der Waals surface area contributed by atoms with Crippen LogP contribution in [0.2, 0.25) is 0 Å². The summed E-state index contributed by atoms with van der Waals surface area (Å²) >= 11 is 1.96. The fourth-order valence-electron chi connectivity index (χ4n) is 1.73. The van der Waals surface area contributed by atoms with E-state index in [1.165, 1.54) is 28.2 Å². The zero-order valence-corrected chi connectivity index (χ0v) is 13.5. The van der Waals surface area contributed by atoms with Crippen LogP contribution >= 0.6 is 11.8 Å². The molecule has 2 heteroatoms. The van der Waals surface area contributed by atoms with Gasteiger partial charge in [0.25, 0.3) is 0 Å². The maximum Gasteiger partial charge on any atom is 0.0165 e. The summed E-state index contributed by atoms with van der Waals surface area (Å²) in [7, 11) is 0. The van der Waals surface area contributed by atoms with Crippen LogP contribution < -0.4 is 5.32 Å². The zero-order valence-electron chi connectivity index (χ0n) is 12.7. The molecule has 0 aliphatic carbocycles. The van der Waals surface area contributed by atoms with E-state index in [2.05, 4.69) is 63.4 Å². The standard InChI is InChI=1S/C17H27NS/c1-5-18-13-15(4)12-16-6-8-17(9-7-16)19-11-10-14(2)3/h6-9,12,14,18H,5,10-11,13H2,1-4H3. The molecule has 0 atom stereocenters. The summed E-state index contributed by atoms with van der Waals surface area (Å²) < 4.78 is 0. The average Bonchev–Trinajstić information content (AvgIpc) is 2.38. The van der Waals surface area contributed by atoms with E-state index in [4.69, 9.17) is 0 Å². The van der Waals surface area contributed by atoms with Gasteiger partial charge in [-0.15, -0.1) is 11.8 Å². The molecule has 0 fully saturated rings. The Morgan fingerprint density at radius 1 is 1.26 bits per heavy atom. The minimum Gasteiger partial charge on any atom is -0.313 e. The third kappa shape index (κ3) is 7.44. The highest BCUT2D eigenvalue weighted by molar-refractivity contribution is 7.99. The van der Waals surface area contributed by atoms with E-state index < -0.39 is 0 Å². The molecule has 0 aromatic heterocycles. The summed E-state index contributed by atoms with van der Waals surface area (Å²) in [5.41, 5.74) is 2.67. The molecule has 1 nitrogen and oxygen atoms in total. The van der Waals surface area contributed by atoms with Crippen molar-refractivity contribution in [3.05, 3.63) is 35.4 Å². The lowest BCUT2D eigenvalue weighted by Gasteiger charge is -2.05. The van der Waals surface area contributed by atoms with Crippen LogP contribution in [0, 0.1) is 5.92 Å². The largest absolute Gasteiger partial charge is 0.313 e. The lowest BCUT2D eigenvalue weighted by molar-refractivity contribution is 0.632. The zero-order chi connectivity index (χ0) is 14.1. The van der Waals surface area contributed by atoms with Gasteiger partial charge in [-0.3, -0.25) is 0 Å². The molecule has 0 saturated carbocycles. The van der Waals surface area contributed by atoms with Gasteiger partial charge in [-0.05, 0) is 49.3 Å². The second kappa shape index (κ2) is 9.22. The highest BCUT2D eigenvalue weighted by Crippen LogP contribution is 2.21. The van der Waals surface area contributed by atoms with Gasteiger partial charge in [0.1, 0.15) is 0 Å². The smallest absolute Gasteiger partial charge is 0.0165 e. The number of thioether (sulfide) groups is 1. The molecule has 0 bridgehead atoms. The van der Waals surface area contributed by atoms with Crippen molar-refractivity contribution in [1.29, 1.82) is 0 Å². The van der Waals surface area contributed by atoms with Crippen LogP contribution in [0.4, 0.5) is 0 Å². The highest BCUT2D eigenvalue weighted by Gasteiger charge is 1.97. The van der Waals surface area contributed by atoms with Crippen molar-refractivity contribution in [2.75, 3.05) is 18.8 Å². The van der Waals surface area contributed by atoms with E-state index in [9.17, 15) is 0 Å². The summed E-state index contributed by atoms with van der Waals surface area (Å²) in [6.45, 7) is 10.9. The van der Waals surface area contributed by atoms with E-state index in [0.717, 1.165) is 19.0 Å². The third-order valence-corrected chi connectivity index (χ3v) is 3.96. The monoisotopic (exact) mass is 277 g/mol. The molecule has 0 saturated heterocycles. The normalized spacial score (nSPS) is 12.2. The first kappa shape index (κ1) is 16.3. The highest BCUT2D eigenvalue weighted by atomic mass is 32.2. The molecule has 0 spiro atoms. The van der Waals surface area contributed by atoms with E-state index in [1.807, 2.05) is 11.8 Å². The fourth-order valence-corrected chi connectivity index (χ4v) is 2.88. The van der Waals surface area contributed by atoms with Crippen LogP contribution in [0.15, 0.2) is 34.7 Å². The fraction of sp³-hybridized carbons (Fsp3) is 0.529. The maximum atomic E-state index is 3.35. The molecular weight excluding hydrogens is 250 g/mol. The predicted octanol–water partition coefficient (Wildman–Crippen LogP) is 4.84. The molecule has 1 aromatic carbocycles. The van der Waals surface area contributed by atoms with Crippen molar-refractivity contribution < 1.29 is 0 Å². The van der Waals surface area contributed by atoms with Crippen LogP contribution in [-0.2, 0) is 0 Å². The van der Waals surface area contributed by atoms with E-state index in [0.29, 0.717) is 0 Å². The lowest BCUT2D eigenvalue weighted by Crippen LogP contribution is -2.14. The molecule has 0 unspecified atom stereocenters. The number of likely N-dealkylation sites (N-methyl/N-ethyl adjacent to an activating group) is 1. The molecular formula is C17H27NS. The number of hydrogen-bond donors (Lipinski definition) is 1. The van der Waals surface area contributed by atoms with Crippen LogP contribution in [0.25, 0.3) is 6.08 Å². The Hall–Kier alpha value is -0.730. The molecule has 0 amide bonds. The third-order valence-electron chi connectivity index (χ3n) is 2.91. The van der Waals surface area contributed by atoms with Gasteiger partial charge in [-0.2, -0.15) is 0 Å². The van der Waals surface area contributed by atoms with E-state index in [1.54, 1.807) is 0 Å². The Kier molecular flexibility index (Phi) is 7.92. The first-order chi connectivity index (χ1) is 9.11. The SMILES string of the molecule is CCNCC(C)=Cc1ccc(SCCC(C)C)cc1. The second-order valence-electron chi connectivity index (χ2n) is 5.37. The van der Waals surface area contributed by atoms with Gasteiger partial charge in [0.15, 0.2) is 0 Å². The Bertz CT molecular complexity index is 379. The summed E-state index contributed by atoms with van der Waals surface area (Å²) in [5.74, 6) is 2.01. The molecule has 0 aliphatic rings. The Labute approximate surface area is 122 Å². The van der Waals surface area contributed by atoms with Crippen LogP contribution in [0.5, 0.6) is 0 Å². The summed E-state index contributed by atoms with van der Waals surface area (Å²) in [6, 6.07) is 8.90. The first-order valence-electron chi connectivity index (χ1n) is 7.22. The number of hydrogen-bond acceptors (Lipinski definition) is 2. The first-order valence-corrected chi connectivity index (χ1v) is 8.21. The van der Waals surface area contributed by atoms with Crippen LogP contribution in [-0.4, -0.2) is 18.8 Å². The van der Waals surface area contributed by atoms with Gasteiger partial charge >= 0.3 is 0 Å². The van der Waals surface area contributed by atoms with Gasteiger partial charge in [-0.1, -0.05) is 44.6 Å². The molecule has 1 N–H and O–H groups in total. The Morgan fingerprint density at radius 3 is 2.53 bits per heavy atom. The molecule has 0 heterocycles. The van der Waals surface area contributed by atoms with Crippen molar-refractivity contribution in [1.82, 2.24) is 5.32 Å². The van der Waals surface area contributed by atoms with Gasteiger partial charge in [-0.25, -0.2) is 0 Å². The van der Waals surface area contributed by atoms with Crippen molar-refractivity contribution in [2.24, 2.45) is 5.92 Å². The number of rotatable bonds is 8. The molecule has 1 rings (SSSR count). The van der Waals surface area contributed by atoms with Gasteiger partial charge in [0, 0.05) is 11.4 Å². The molecule has 0 aliphatic heterocycles. The minimum atomic E-state index is 0.795. The lowest BCUT2D eigenvalue weighted by atomic mass is 10.1. The quantitative estimate of drug-likeness (QED) is 0.683. The van der Waals surface area contributed by atoms with Crippen molar-refractivity contribution in [3.8, 4) is 0 Å². The molecule has 19 heavy (non-hydrogen) atoms. The Balaban J connectivity index is 2.47. The van der Waals surface area contributed by atoms with Crippen LogP contribution in [0.3, 0.4) is 0 Å². The van der Waals surface area contributed by atoms with E-state index >= 15 is 0 Å².